The van der Waals surface area contributed by atoms with Gasteiger partial charge in [-0.25, -0.2) is 4.79 Å². The predicted octanol–water partition coefficient (Wildman–Crippen LogP) is 3.21. The van der Waals surface area contributed by atoms with E-state index >= 15 is 0 Å². The Bertz CT molecular complexity index is 580. The zero-order valence-corrected chi connectivity index (χ0v) is 15.3. The Labute approximate surface area is 141 Å². The lowest BCUT2D eigenvalue weighted by Gasteiger charge is -2.29. The summed E-state index contributed by atoms with van der Waals surface area (Å²) in [4.78, 5) is 16.7. The van der Waals surface area contributed by atoms with Gasteiger partial charge in [-0.3, -0.25) is 9.19 Å². The van der Waals surface area contributed by atoms with Crippen molar-refractivity contribution in [1.82, 2.24) is 10.3 Å². The second kappa shape index (κ2) is 7.90. The van der Waals surface area contributed by atoms with Crippen molar-refractivity contribution in [2.75, 3.05) is 11.1 Å². The molecule has 0 radical (unpaired) electrons. The van der Waals surface area contributed by atoms with E-state index in [4.69, 9.17) is 0 Å². The molecular formula is C17H27N3O2S. The number of nitrogens with one attached hydrogen (secondary N) is 2. The van der Waals surface area contributed by atoms with Crippen LogP contribution in [0.4, 0.5) is 10.5 Å². The molecule has 2 amide bonds. The van der Waals surface area contributed by atoms with Crippen LogP contribution in [0.1, 0.15) is 49.6 Å². The Morgan fingerprint density at radius 1 is 1.35 bits per heavy atom. The molecule has 0 spiro atoms. The molecule has 2 N–H and O–H groups in total. The number of hydrogen-bond acceptors (Lipinski definition) is 3. The molecule has 1 aliphatic rings. The minimum absolute atomic E-state index is 0.100. The molecule has 3 atom stereocenters. The third-order valence-electron chi connectivity index (χ3n) is 4.38. The number of nitrogens with zero attached hydrogens (tertiary/aromatic N) is 1. The molecule has 0 aromatic carbocycles. The van der Waals surface area contributed by atoms with Crippen molar-refractivity contribution >= 4 is 22.5 Å². The van der Waals surface area contributed by atoms with Gasteiger partial charge in [0, 0.05) is 33.5 Å². The number of anilines is 1. The quantitative estimate of drug-likeness (QED) is 0.886. The van der Waals surface area contributed by atoms with Gasteiger partial charge in [0.05, 0.1) is 11.4 Å². The average Bonchev–Trinajstić information content (AvgIpc) is 2.50. The Morgan fingerprint density at radius 3 is 2.74 bits per heavy atom. The second-order valence-corrected chi connectivity index (χ2v) is 8.30. The number of carbonyl (C=O) groups excluding carboxylic acids is 1. The van der Waals surface area contributed by atoms with Gasteiger partial charge in [-0.15, -0.1) is 0 Å². The van der Waals surface area contributed by atoms with Crippen molar-refractivity contribution in [2.24, 2.45) is 0 Å². The first-order valence-corrected chi connectivity index (χ1v) is 9.68. The molecule has 3 unspecified atom stereocenters. The largest absolute Gasteiger partial charge is 0.335 e. The Kier molecular flexibility index (Phi) is 6.16. The lowest BCUT2D eigenvalue weighted by atomic mass is 9.95. The monoisotopic (exact) mass is 337 g/mol. The van der Waals surface area contributed by atoms with Crippen LogP contribution < -0.4 is 10.6 Å². The molecule has 0 aliphatic heterocycles. The van der Waals surface area contributed by atoms with Crippen molar-refractivity contribution in [3.05, 3.63) is 23.0 Å². The van der Waals surface area contributed by atoms with Crippen LogP contribution in [0.15, 0.2) is 6.07 Å². The highest BCUT2D eigenvalue weighted by Gasteiger charge is 2.26. The number of aryl methyl sites for hydroxylation is 3. The second-order valence-electron chi connectivity index (χ2n) is 6.29. The summed E-state index contributed by atoms with van der Waals surface area (Å²) in [6.07, 6.45) is 3.78. The van der Waals surface area contributed by atoms with Gasteiger partial charge in [-0.1, -0.05) is 13.3 Å². The number of pyridine rings is 1. The molecule has 1 saturated carbocycles. The predicted molar refractivity (Wildman–Crippen MR) is 95.3 cm³/mol. The minimum atomic E-state index is -0.779. The molecule has 1 heterocycles. The van der Waals surface area contributed by atoms with Crippen LogP contribution in [0, 0.1) is 20.8 Å². The number of aromatic nitrogens is 1. The van der Waals surface area contributed by atoms with Crippen molar-refractivity contribution in [3.8, 4) is 0 Å². The summed E-state index contributed by atoms with van der Waals surface area (Å²) >= 11 is 0. The molecule has 23 heavy (non-hydrogen) atoms. The van der Waals surface area contributed by atoms with Crippen LogP contribution in [0.2, 0.25) is 0 Å². The van der Waals surface area contributed by atoms with Crippen LogP contribution in [0.5, 0.6) is 0 Å². The molecule has 2 rings (SSSR count). The molecule has 1 aromatic rings. The Hall–Kier alpha value is -1.43. The molecule has 5 nitrogen and oxygen atoms in total. The van der Waals surface area contributed by atoms with Crippen molar-refractivity contribution < 1.29 is 9.00 Å². The first-order chi connectivity index (χ1) is 10.9. The molecule has 1 aliphatic carbocycles. The topological polar surface area (TPSA) is 71.1 Å². The number of amides is 2. The highest BCUT2D eigenvalue weighted by Crippen LogP contribution is 2.24. The van der Waals surface area contributed by atoms with E-state index in [2.05, 4.69) is 15.6 Å². The van der Waals surface area contributed by atoms with Gasteiger partial charge < -0.3 is 10.6 Å². The third kappa shape index (κ3) is 4.77. The third-order valence-corrected chi connectivity index (χ3v) is 6.12. The molecule has 6 heteroatoms. The van der Waals surface area contributed by atoms with E-state index in [1.165, 1.54) is 0 Å². The van der Waals surface area contributed by atoms with E-state index in [9.17, 15) is 9.00 Å². The molecular weight excluding hydrogens is 310 g/mol. The number of carbonyl (C=O) groups is 1. The van der Waals surface area contributed by atoms with Crippen LogP contribution in [0.25, 0.3) is 0 Å². The summed E-state index contributed by atoms with van der Waals surface area (Å²) in [6, 6.07) is 1.86. The fraction of sp³-hybridized carbons (Fsp3) is 0.647. The van der Waals surface area contributed by atoms with Gasteiger partial charge in [-0.05, 0) is 51.7 Å². The molecule has 1 aromatic heterocycles. The summed E-state index contributed by atoms with van der Waals surface area (Å²) in [5.41, 5.74) is 3.56. The maximum absolute atomic E-state index is 12.3. The molecule has 0 saturated heterocycles. The van der Waals surface area contributed by atoms with Gasteiger partial charge in [0.25, 0.3) is 0 Å². The van der Waals surface area contributed by atoms with E-state index in [0.29, 0.717) is 5.75 Å². The highest BCUT2D eigenvalue weighted by atomic mass is 32.2. The first kappa shape index (κ1) is 17.9. The fourth-order valence-corrected chi connectivity index (χ4v) is 4.65. The lowest BCUT2D eigenvalue weighted by molar-refractivity contribution is 0.244. The Morgan fingerprint density at radius 2 is 2.09 bits per heavy atom. The summed E-state index contributed by atoms with van der Waals surface area (Å²) in [7, 11) is -0.779. The van der Waals surface area contributed by atoms with Crippen LogP contribution >= 0.6 is 0 Å². The van der Waals surface area contributed by atoms with Crippen molar-refractivity contribution in [1.29, 1.82) is 0 Å². The number of hydrogen-bond donors (Lipinski definition) is 2. The van der Waals surface area contributed by atoms with E-state index in [1.807, 2.05) is 33.8 Å². The molecule has 1 fully saturated rings. The number of urea groups is 1. The lowest BCUT2D eigenvalue weighted by Crippen LogP contribution is -2.43. The van der Waals surface area contributed by atoms with E-state index in [1.54, 1.807) is 0 Å². The Balaban J connectivity index is 1.96. The summed E-state index contributed by atoms with van der Waals surface area (Å²) < 4.78 is 12.0. The molecule has 0 bridgehead atoms. The van der Waals surface area contributed by atoms with Gasteiger partial charge in [0.2, 0.25) is 0 Å². The summed E-state index contributed by atoms with van der Waals surface area (Å²) in [5, 5.41) is 6.17. The zero-order chi connectivity index (χ0) is 17.0. The number of rotatable bonds is 4. The highest BCUT2D eigenvalue weighted by molar-refractivity contribution is 7.85. The van der Waals surface area contributed by atoms with Crippen molar-refractivity contribution in [3.63, 3.8) is 0 Å². The maximum atomic E-state index is 12.3. The minimum Gasteiger partial charge on any atom is -0.335 e. The van der Waals surface area contributed by atoms with E-state index in [-0.39, 0.29) is 17.3 Å². The van der Waals surface area contributed by atoms with Crippen molar-refractivity contribution in [2.45, 2.75) is 64.7 Å². The molecule has 128 valence electrons. The summed E-state index contributed by atoms with van der Waals surface area (Å²) in [5.74, 6) is 0.691. The summed E-state index contributed by atoms with van der Waals surface area (Å²) in [6.45, 7) is 7.77. The average molecular weight is 337 g/mol. The smallest absolute Gasteiger partial charge is 0.319 e. The standard InChI is InChI=1S/C17H27N3O2S/c1-5-23(22)15-8-6-7-14(10-15)19-17(21)20-16-11(2)9-12(3)18-13(16)4/h9,14-15H,5-8,10H2,1-4H3,(H2,19,20,21). The van der Waals surface area contributed by atoms with Gasteiger partial charge >= 0.3 is 6.03 Å². The van der Waals surface area contributed by atoms with Crippen LogP contribution in [-0.4, -0.2) is 32.3 Å². The fourth-order valence-electron chi connectivity index (χ4n) is 3.30. The van der Waals surface area contributed by atoms with Crippen LogP contribution in [0.3, 0.4) is 0 Å². The van der Waals surface area contributed by atoms with Gasteiger partial charge in [0.1, 0.15) is 0 Å². The maximum Gasteiger partial charge on any atom is 0.319 e. The van der Waals surface area contributed by atoms with E-state index < -0.39 is 10.8 Å². The normalized spacial score (nSPS) is 22.4. The zero-order valence-electron chi connectivity index (χ0n) is 14.4. The SMILES string of the molecule is CCS(=O)C1CCCC(NC(=O)Nc2c(C)cc(C)nc2C)C1. The van der Waals surface area contributed by atoms with Gasteiger partial charge in [-0.2, -0.15) is 0 Å². The first-order valence-electron chi connectivity index (χ1n) is 8.30. The van der Waals surface area contributed by atoms with Gasteiger partial charge in [0.15, 0.2) is 0 Å². The van der Waals surface area contributed by atoms with Crippen LogP contribution in [-0.2, 0) is 10.8 Å². The van der Waals surface area contributed by atoms with E-state index in [0.717, 1.165) is 48.3 Å².